The maximum absolute atomic E-state index is 13.7. The summed E-state index contributed by atoms with van der Waals surface area (Å²) in [5, 5.41) is 11.7. The maximum Gasteiger partial charge on any atom is 0.350 e. The van der Waals surface area contributed by atoms with E-state index in [-0.39, 0.29) is 27.4 Å². The largest absolute Gasteiger partial charge is 0.507 e. The summed E-state index contributed by atoms with van der Waals surface area (Å²) in [5.41, 5.74) is 2.02. The quantitative estimate of drug-likeness (QED) is 0.151. The van der Waals surface area contributed by atoms with Gasteiger partial charge < -0.3 is 24.1 Å². The van der Waals surface area contributed by atoms with Crippen LogP contribution in [0.15, 0.2) is 42.0 Å². The molecule has 0 saturated carbocycles. The molecular formula is C31H32N2O8S. The van der Waals surface area contributed by atoms with Gasteiger partial charge in [-0.2, -0.15) is 0 Å². The number of esters is 1. The number of aliphatic hydroxyl groups is 1. The number of Topliss-reactive ketones (excluding diaryl/α,β-unsaturated/α-hetero) is 1. The lowest BCUT2D eigenvalue weighted by molar-refractivity contribution is -0.132. The van der Waals surface area contributed by atoms with E-state index in [4.69, 9.17) is 18.9 Å². The van der Waals surface area contributed by atoms with Crippen LogP contribution in [-0.2, 0) is 20.7 Å². The van der Waals surface area contributed by atoms with Gasteiger partial charge in [0.2, 0.25) is 0 Å². The molecule has 3 aromatic rings. The number of aryl methyl sites for hydroxylation is 1. The van der Waals surface area contributed by atoms with Crippen LogP contribution < -0.4 is 19.1 Å². The standard InChI is InChI=1S/C31H32N2O8S/c1-6-12-40-22-11-8-18(15-23(22)39-7-2)25-24(26(34)19-9-10-21-20(14-19)13-16(3)41-21)27(35)29(36)33(25)31-32-17(4)28(42-31)30(37)38-5/h8-11,14-16,25,34H,6-7,12-13H2,1-5H3. The van der Waals surface area contributed by atoms with Gasteiger partial charge in [0.15, 0.2) is 16.6 Å². The molecule has 2 aromatic carbocycles. The van der Waals surface area contributed by atoms with Gasteiger partial charge in [-0.1, -0.05) is 24.3 Å². The van der Waals surface area contributed by atoms with Gasteiger partial charge in [-0.15, -0.1) is 0 Å². The highest BCUT2D eigenvalue weighted by Crippen LogP contribution is 2.46. The van der Waals surface area contributed by atoms with Gasteiger partial charge in [-0.25, -0.2) is 9.78 Å². The second kappa shape index (κ2) is 11.8. The first-order chi connectivity index (χ1) is 20.2. The Balaban J connectivity index is 1.69. The zero-order chi connectivity index (χ0) is 30.1. The SMILES string of the molecule is CCCOc1ccc(C2C(=C(O)c3ccc4c(c3)CC(C)O4)C(=O)C(=O)N2c2nc(C)c(C(=O)OC)s2)cc1OCC. The van der Waals surface area contributed by atoms with Crippen LogP contribution >= 0.6 is 11.3 Å². The van der Waals surface area contributed by atoms with Crippen molar-refractivity contribution in [1.82, 2.24) is 4.98 Å². The van der Waals surface area contributed by atoms with Crippen molar-refractivity contribution in [1.29, 1.82) is 0 Å². The Morgan fingerprint density at radius 2 is 1.93 bits per heavy atom. The smallest absolute Gasteiger partial charge is 0.350 e. The third kappa shape index (κ3) is 5.20. The van der Waals surface area contributed by atoms with Crippen LogP contribution in [0, 0.1) is 6.92 Å². The fraction of sp³-hybridized carbons (Fsp3) is 0.355. The Bertz CT molecular complexity index is 1590. The lowest BCUT2D eigenvalue weighted by atomic mass is 9.94. The van der Waals surface area contributed by atoms with E-state index in [0.29, 0.717) is 53.7 Å². The number of carbonyl (C=O) groups is 3. The Labute approximate surface area is 247 Å². The predicted molar refractivity (Wildman–Crippen MR) is 157 cm³/mol. The number of rotatable bonds is 9. The molecule has 2 unspecified atom stereocenters. The summed E-state index contributed by atoms with van der Waals surface area (Å²) in [4.78, 5) is 45.6. The highest BCUT2D eigenvalue weighted by atomic mass is 32.1. The lowest BCUT2D eigenvalue weighted by Gasteiger charge is -2.24. The summed E-state index contributed by atoms with van der Waals surface area (Å²) >= 11 is 0.939. The molecule has 0 bridgehead atoms. The van der Waals surface area contributed by atoms with Crippen molar-refractivity contribution in [2.24, 2.45) is 0 Å². The molecule has 3 heterocycles. The molecule has 5 rings (SSSR count). The topological polar surface area (TPSA) is 124 Å². The van der Waals surface area contributed by atoms with E-state index >= 15 is 0 Å². The fourth-order valence-corrected chi connectivity index (χ4v) is 6.14. The first kappa shape index (κ1) is 29.1. The van der Waals surface area contributed by atoms with Gasteiger partial charge in [0.05, 0.1) is 37.6 Å². The van der Waals surface area contributed by atoms with Gasteiger partial charge >= 0.3 is 11.9 Å². The molecule has 1 aromatic heterocycles. The molecule has 11 heteroatoms. The van der Waals surface area contributed by atoms with Gasteiger partial charge in [0.1, 0.15) is 22.5 Å². The minimum atomic E-state index is -1.07. The second-order valence-electron chi connectivity index (χ2n) is 10.0. The number of carbonyl (C=O) groups excluding carboxylic acids is 3. The van der Waals surface area contributed by atoms with Gasteiger partial charge in [0, 0.05) is 12.0 Å². The average Bonchev–Trinajstić information content (AvgIpc) is 3.63. The summed E-state index contributed by atoms with van der Waals surface area (Å²) in [6, 6.07) is 9.26. The number of hydrogen-bond donors (Lipinski definition) is 1. The fourth-order valence-electron chi connectivity index (χ4n) is 5.13. The molecule has 0 radical (unpaired) electrons. The van der Waals surface area contributed by atoms with E-state index in [1.54, 1.807) is 43.3 Å². The number of amides is 1. The third-order valence-electron chi connectivity index (χ3n) is 7.02. The normalized spacial score (nSPS) is 19.0. The highest BCUT2D eigenvalue weighted by molar-refractivity contribution is 7.17. The first-order valence-electron chi connectivity index (χ1n) is 13.7. The van der Waals surface area contributed by atoms with Crippen LogP contribution in [0.4, 0.5) is 5.13 Å². The van der Waals surface area contributed by atoms with Crippen molar-refractivity contribution in [2.45, 2.75) is 52.7 Å². The number of anilines is 1. The number of methoxy groups -OCH3 is 1. The number of benzene rings is 2. The van der Waals surface area contributed by atoms with E-state index in [2.05, 4.69) is 4.98 Å². The summed E-state index contributed by atoms with van der Waals surface area (Å²) in [6.07, 6.45) is 1.44. The number of ether oxygens (including phenoxy) is 4. The molecule has 0 spiro atoms. The molecule has 42 heavy (non-hydrogen) atoms. The molecule has 2 atom stereocenters. The van der Waals surface area contributed by atoms with E-state index in [9.17, 15) is 19.5 Å². The first-order valence-corrected chi connectivity index (χ1v) is 14.6. The molecule has 220 valence electrons. The van der Waals surface area contributed by atoms with Crippen molar-refractivity contribution in [3.63, 3.8) is 0 Å². The number of hydrogen-bond acceptors (Lipinski definition) is 10. The van der Waals surface area contributed by atoms with E-state index in [0.717, 1.165) is 23.3 Å². The number of ketones is 1. The van der Waals surface area contributed by atoms with Crippen LogP contribution in [0.5, 0.6) is 17.2 Å². The Morgan fingerprint density at radius 1 is 1.14 bits per heavy atom. The van der Waals surface area contributed by atoms with Crippen LogP contribution in [0.3, 0.4) is 0 Å². The monoisotopic (exact) mass is 592 g/mol. The summed E-state index contributed by atoms with van der Waals surface area (Å²) in [7, 11) is 1.26. The molecule has 1 N–H and O–H groups in total. The maximum atomic E-state index is 13.7. The zero-order valence-electron chi connectivity index (χ0n) is 24.1. The van der Waals surface area contributed by atoms with Gasteiger partial charge in [0.25, 0.3) is 5.78 Å². The van der Waals surface area contributed by atoms with E-state index in [1.807, 2.05) is 20.8 Å². The number of nitrogens with zero attached hydrogens (tertiary/aromatic N) is 2. The highest BCUT2D eigenvalue weighted by Gasteiger charge is 2.48. The number of fused-ring (bicyclic) bond motifs is 1. The van der Waals surface area contributed by atoms with Crippen molar-refractivity contribution in [3.8, 4) is 17.2 Å². The molecule has 2 aliphatic heterocycles. The van der Waals surface area contributed by atoms with Crippen molar-refractivity contribution >= 4 is 39.9 Å². The molecular weight excluding hydrogens is 560 g/mol. The van der Waals surface area contributed by atoms with E-state index in [1.165, 1.54) is 12.0 Å². The van der Waals surface area contributed by atoms with Crippen LogP contribution in [0.2, 0.25) is 0 Å². The van der Waals surface area contributed by atoms with Crippen molar-refractivity contribution in [2.75, 3.05) is 25.2 Å². The van der Waals surface area contributed by atoms with Crippen LogP contribution in [-0.4, -0.2) is 54.2 Å². The molecule has 1 saturated heterocycles. The lowest BCUT2D eigenvalue weighted by Crippen LogP contribution is -2.29. The van der Waals surface area contributed by atoms with Crippen molar-refractivity contribution < 1.29 is 38.4 Å². The van der Waals surface area contributed by atoms with Crippen LogP contribution in [0.25, 0.3) is 5.76 Å². The van der Waals surface area contributed by atoms with Gasteiger partial charge in [-0.3, -0.25) is 14.5 Å². The third-order valence-corrected chi connectivity index (χ3v) is 8.16. The second-order valence-corrected chi connectivity index (χ2v) is 11.0. The average molecular weight is 593 g/mol. The summed E-state index contributed by atoms with van der Waals surface area (Å²) in [5.74, 6) is -1.01. The van der Waals surface area contributed by atoms with Gasteiger partial charge in [-0.05, 0) is 68.7 Å². The predicted octanol–water partition coefficient (Wildman–Crippen LogP) is 5.38. The molecule has 0 aliphatic carbocycles. The number of thiazole rings is 1. The Kier molecular flexibility index (Phi) is 8.22. The Hall–Kier alpha value is -4.38. The van der Waals surface area contributed by atoms with E-state index < -0.39 is 23.7 Å². The molecule has 10 nitrogen and oxygen atoms in total. The minimum absolute atomic E-state index is 0.00875. The Morgan fingerprint density at radius 3 is 2.64 bits per heavy atom. The number of aromatic nitrogens is 1. The molecule has 1 amide bonds. The minimum Gasteiger partial charge on any atom is -0.507 e. The number of aliphatic hydroxyl groups excluding tert-OH is 1. The summed E-state index contributed by atoms with van der Waals surface area (Å²) in [6.45, 7) is 8.25. The molecule has 1 fully saturated rings. The van der Waals surface area contributed by atoms with Crippen LogP contribution in [0.1, 0.15) is 65.3 Å². The molecule has 2 aliphatic rings. The summed E-state index contributed by atoms with van der Waals surface area (Å²) < 4.78 is 22.4. The van der Waals surface area contributed by atoms with Crippen molar-refractivity contribution in [3.05, 3.63) is 69.2 Å². The zero-order valence-corrected chi connectivity index (χ0v) is 24.9.